The molecule has 2 heteroatoms. The van der Waals surface area contributed by atoms with Crippen LogP contribution < -0.4 is 3.53 Å². The average molecular weight is 199 g/mol. The predicted octanol–water partition coefficient (Wildman–Crippen LogP) is 1.72. The molecule has 0 aliphatic heterocycles. The molecule has 1 N–H and O–H groups in total. The van der Waals surface area contributed by atoms with Crippen LogP contribution in [0.15, 0.2) is 0 Å². The number of hydrogen-bond donors (Lipinski definition) is 1. The maximum atomic E-state index is 3.08. The van der Waals surface area contributed by atoms with Crippen LogP contribution in [0.25, 0.3) is 0 Å². The fourth-order valence-corrected chi connectivity index (χ4v) is 0.518. The zero-order valence-electron chi connectivity index (χ0n) is 4.16. The highest BCUT2D eigenvalue weighted by molar-refractivity contribution is 14.1. The quantitative estimate of drug-likeness (QED) is 0.527. The van der Waals surface area contributed by atoms with E-state index in [2.05, 4.69) is 40.2 Å². The second kappa shape index (κ2) is 3.87. The molecule has 1 atom stereocenters. The number of nitrogens with one attached hydrogen (secondary N) is 1. The number of hydrogen-bond acceptors (Lipinski definition) is 1. The monoisotopic (exact) mass is 199 g/mol. The minimum Gasteiger partial charge on any atom is -0.258 e. The zero-order valence-corrected chi connectivity index (χ0v) is 6.32. The third-order valence-electron chi connectivity index (χ3n) is 0.799. The topological polar surface area (TPSA) is 12.0 Å². The average Bonchev–Trinajstić information content (AvgIpc) is 1.65. The van der Waals surface area contributed by atoms with Gasteiger partial charge in [0, 0.05) is 28.9 Å². The van der Waals surface area contributed by atoms with E-state index in [9.17, 15) is 0 Å². The standard InChI is InChI=1S/C4H10IN/c1-3-4(2)6-5/h4,6H,3H2,1-2H3. The fourth-order valence-electron chi connectivity index (χ4n) is 0.0772. The Hall–Kier alpha value is 0.690. The van der Waals surface area contributed by atoms with Gasteiger partial charge >= 0.3 is 0 Å². The van der Waals surface area contributed by atoms with Crippen LogP contribution in [-0.2, 0) is 0 Å². The van der Waals surface area contributed by atoms with E-state index in [-0.39, 0.29) is 0 Å². The molecule has 0 aliphatic carbocycles. The molecule has 0 aromatic rings. The highest BCUT2D eigenvalue weighted by Gasteiger charge is 1.88. The maximum Gasteiger partial charge on any atom is 0.0172 e. The van der Waals surface area contributed by atoms with Crippen molar-refractivity contribution in [3.8, 4) is 0 Å². The SMILES string of the molecule is CCC(C)NI. The lowest BCUT2D eigenvalue weighted by Gasteiger charge is -2.00. The second-order valence-corrected chi connectivity index (χ2v) is 2.04. The third-order valence-corrected chi connectivity index (χ3v) is 1.86. The third kappa shape index (κ3) is 2.90. The van der Waals surface area contributed by atoms with Crippen LogP contribution in [0.4, 0.5) is 0 Å². The van der Waals surface area contributed by atoms with E-state index < -0.39 is 0 Å². The summed E-state index contributed by atoms with van der Waals surface area (Å²) in [5.74, 6) is 0. The predicted molar refractivity (Wildman–Crippen MR) is 36.9 cm³/mol. The molecule has 6 heavy (non-hydrogen) atoms. The molecule has 0 amide bonds. The Kier molecular flexibility index (Phi) is 4.31. The molecular formula is C4H10IN. The molecule has 0 spiro atoms. The summed E-state index contributed by atoms with van der Waals surface area (Å²) >= 11 is 2.16. The summed E-state index contributed by atoms with van der Waals surface area (Å²) in [5, 5.41) is 0. The molecule has 38 valence electrons. The van der Waals surface area contributed by atoms with Crippen molar-refractivity contribution in [3.05, 3.63) is 0 Å². The molecule has 0 fully saturated rings. The molecule has 0 aromatic carbocycles. The molecule has 0 heterocycles. The van der Waals surface area contributed by atoms with Gasteiger partial charge in [0.25, 0.3) is 0 Å². The summed E-state index contributed by atoms with van der Waals surface area (Å²) in [6.07, 6.45) is 1.21. The van der Waals surface area contributed by atoms with Crippen molar-refractivity contribution < 1.29 is 0 Å². The van der Waals surface area contributed by atoms with Crippen molar-refractivity contribution in [2.24, 2.45) is 0 Å². The minimum atomic E-state index is 0.672. The Labute approximate surface area is 53.0 Å². The van der Waals surface area contributed by atoms with Gasteiger partial charge < -0.3 is 0 Å². The van der Waals surface area contributed by atoms with Crippen LogP contribution >= 0.6 is 22.9 Å². The molecule has 0 aliphatic rings. The highest BCUT2D eigenvalue weighted by atomic mass is 127. The normalized spacial score (nSPS) is 14.5. The first-order chi connectivity index (χ1) is 2.81. The largest absolute Gasteiger partial charge is 0.258 e. The summed E-state index contributed by atoms with van der Waals surface area (Å²) in [4.78, 5) is 0. The molecule has 0 saturated heterocycles. The van der Waals surface area contributed by atoms with Crippen LogP contribution in [0.3, 0.4) is 0 Å². The smallest absolute Gasteiger partial charge is 0.0172 e. The molecule has 0 rings (SSSR count). The first-order valence-electron chi connectivity index (χ1n) is 2.17. The van der Waals surface area contributed by atoms with Crippen molar-refractivity contribution in [1.29, 1.82) is 0 Å². The Morgan fingerprint density at radius 2 is 2.33 bits per heavy atom. The van der Waals surface area contributed by atoms with E-state index in [0.717, 1.165) is 0 Å². The molecule has 1 unspecified atom stereocenters. The van der Waals surface area contributed by atoms with Gasteiger partial charge in [-0.1, -0.05) is 6.92 Å². The second-order valence-electron chi connectivity index (χ2n) is 1.42. The lowest BCUT2D eigenvalue weighted by Crippen LogP contribution is -2.12. The summed E-state index contributed by atoms with van der Waals surface area (Å²) < 4.78 is 3.08. The highest BCUT2D eigenvalue weighted by Crippen LogP contribution is 1.88. The molecule has 0 bridgehead atoms. The Morgan fingerprint density at radius 1 is 1.83 bits per heavy atom. The summed E-state index contributed by atoms with van der Waals surface area (Å²) in [6.45, 7) is 4.32. The van der Waals surface area contributed by atoms with Gasteiger partial charge in [-0.3, -0.25) is 3.53 Å². The molecule has 0 aromatic heterocycles. The molecule has 0 radical (unpaired) electrons. The van der Waals surface area contributed by atoms with Crippen LogP contribution in [-0.4, -0.2) is 6.04 Å². The summed E-state index contributed by atoms with van der Waals surface area (Å²) in [7, 11) is 0. The lowest BCUT2D eigenvalue weighted by molar-refractivity contribution is 0.686. The van der Waals surface area contributed by atoms with Crippen LogP contribution in [0.1, 0.15) is 20.3 Å². The van der Waals surface area contributed by atoms with E-state index in [1.54, 1.807) is 0 Å². The fraction of sp³-hybridized carbons (Fsp3) is 1.00. The maximum absolute atomic E-state index is 3.08. The zero-order chi connectivity index (χ0) is 4.99. The minimum absolute atomic E-state index is 0.672. The summed E-state index contributed by atoms with van der Waals surface area (Å²) in [6, 6.07) is 0.672. The van der Waals surface area contributed by atoms with E-state index >= 15 is 0 Å². The van der Waals surface area contributed by atoms with Gasteiger partial charge in [0.1, 0.15) is 0 Å². The summed E-state index contributed by atoms with van der Waals surface area (Å²) in [5.41, 5.74) is 0. The first kappa shape index (κ1) is 6.69. The van der Waals surface area contributed by atoms with Gasteiger partial charge in [-0.15, -0.1) is 0 Å². The van der Waals surface area contributed by atoms with Crippen molar-refractivity contribution in [2.45, 2.75) is 26.3 Å². The van der Waals surface area contributed by atoms with Gasteiger partial charge in [-0.2, -0.15) is 0 Å². The molecule has 0 saturated carbocycles. The first-order valence-corrected chi connectivity index (χ1v) is 3.25. The Morgan fingerprint density at radius 3 is 2.33 bits per heavy atom. The van der Waals surface area contributed by atoms with Crippen LogP contribution in [0.2, 0.25) is 0 Å². The van der Waals surface area contributed by atoms with E-state index in [0.29, 0.717) is 6.04 Å². The Bertz CT molecular complexity index is 26.7. The van der Waals surface area contributed by atoms with E-state index in [1.807, 2.05) is 0 Å². The van der Waals surface area contributed by atoms with E-state index in [4.69, 9.17) is 0 Å². The van der Waals surface area contributed by atoms with Gasteiger partial charge in [0.2, 0.25) is 0 Å². The van der Waals surface area contributed by atoms with Gasteiger partial charge in [-0.05, 0) is 13.3 Å². The number of rotatable bonds is 2. The van der Waals surface area contributed by atoms with Crippen LogP contribution in [0, 0.1) is 0 Å². The van der Waals surface area contributed by atoms with Crippen molar-refractivity contribution in [3.63, 3.8) is 0 Å². The van der Waals surface area contributed by atoms with Crippen molar-refractivity contribution in [2.75, 3.05) is 0 Å². The van der Waals surface area contributed by atoms with E-state index in [1.165, 1.54) is 6.42 Å². The number of halogens is 1. The Balaban J connectivity index is 2.75. The van der Waals surface area contributed by atoms with Crippen molar-refractivity contribution in [1.82, 2.24) is 3.53 Å². The van der Waals surface area contributed by atoms with Crippen molar-refractivity contribution >= 4 is 22.9 Å². The lowest BCUT2D eigenvalue weighted by atomic mass is 10.3. The molecule has 1 nitrogen and oxygen atoms in total. The van der Waals surface area contributed by atoms with Gasteiger partial charge in [0.15, 0.2) is 0 Å². The van der Waals surface area contributed by atoms with Crippen LogP contribution in [0.5, 0.6) is 0 Å². The van der Waals surface area contributed by atoms with Gasteiger partial charge in [-0.25, -0.2) is 0 Å². The van der Waals surface area contributed by atoms with Gasteiger partial charge in [0.05, 0.1) is 0 Å². The molecular weight excluding hydrogens is 189 g/mol.